The van der Waals surface area contributed by atoms with Gasteiger partial charge in [-0.15, -0.1) is 22.7 Å². The number of thiophene rings is 1. The summed E-state index contributed by atoms with van der Waals surface area (Å²) in [6.45, 7) is 4.12. The van der Waals surface area contributed by atoms with Crippen LogP contribution in [0.5, 0.6) is 0 Å². The van der Waals surface area contributed by atoms with Gasteiger partial charge in [0, 0.05) is 27.4 Å². The lowest BCUT2D eigenvalue weighted by atomic mass is 10.1. The first-order chi connectivity index (χ1) is 9.61. The van der Waals surface area contributed by atoms with Crippen LogP contribution in [0.1, 0.15) is 21.7 Å². The summed E-state index contributed by atoms with van der Waals surface area (Å²) in [7, 11) is 0. The molecule has 0 saturated carbocycles. The third kappa shape index (κ3) is 2.95. The smallest absolute Gasteiger partial charge is 0.133 e. The molecule has 3 aromatic rings. The number of benzene rings is 1. The second-order valence-electron chi connectivity index (χ2n) is 4.83. The maximum Gasteiger partial charge on any atom is 0.133 e. The Morgan fingerprint density at radius 1 is 1.15 bits per heavy atom. The zero-order valence-corrected chi connectivity index (χ0v) is 13.7. The van der Waals surface area contributed by atoms with Crippen molar-refractivity contribution >= 4 is 34.3 Å². The molecule has 1 aromatic carbocycles. The van der Waals surface area contributed by atoms with E-state index in [0.717, 1.165) is 22.1 Å². The highest BCUT2D eigenvalue weighted by Gasteiger charge is 2.08. The Morgan fingerprint density at radius 3 is 2.75 bits per heavy atom. The van der Waals surface area contributed by atoms with Crippen molar-refractivity contribution in [3.63, 3.8) is 0 Å². The predicted octanol–water partition coefficient (Wildman–Crippen LogP) is 5.73. The molecule has 102 valence electrons. The highest BCUT2D eigenvalue weighted by Crippen LogP contribution is 2.32. The minimum Gasteiger partial charge on any atom is -0.241 e. The van der Waals surface area contributed by atoms with Gasteiger partial charge in [-0.1, -0.05) is 29.3 Å². The topological polar surface area (TPSA) is 12.9 Å². The van der Waals surface area contributed by atoms with E-state index in [1.807, 2.05) is 19.1 Å². The Hall–Kier alpha value is -1.16. The summed E-state index contributed by atoms with van der Waals surface area (Å²) < 4.78 is 0. The molecule has 0 unspecified atom stereocenters. The first-order valence-corrected chi connectivity index (χ1v) is 8.45. The van der Waals surface area contributed by atoms with Crippen molar-refractivity contribution in [2.75, 3.05) is 0 Å². The minimum absolute atomic E-state index is 0.843. The van der Waals surface area contributed by atoms with Gasteiger partial charge >= 0.3 is 0 Å². The molecule has 0 aliphatic heterocycles. The Labute approximate surface area is 131 Å². The third-order valence-corrected chi connectivity index (χ3v) is 5.64. The van der Waals surface area contributed by atoms with Gasteiger partial charge < -0.3 is 0 Å². The summed E-state index contributed by atoms with van der Waals surface area (Å²) in [5, 5.41) is 4.04. The summed E-state index contributed by atoms with van der Waals surface area (Å²) in [5.41, 5.74) is 3.52. The van der Waals surface area contributed by atoms with Crippen LogP contribution in [0, 0.1) is 13.8 Å². The van der Waals surface area contributed by atoms with Gasteiger partial charge in [-0.2, -0.15) is 0 Å². The lowest BCUT2D eigenvalue weighted by molar-refractivity contribution is 1.22. The van der Waals surface area contributed by atoms with E-state index in [1.165, 1.54) is 20.9 Å². The SMILES string of the molecule is Cc1ccc(Cl)c(Cc2ccc(-c3nc(C)cs3)s2)c1. The summed E-state index contributed by atoms with van der Waals surface area (Å²) in [6, 6.07) is 10.5. The molecule has 0 saturated heterocycles. The van der Waals surface area contributed by atoms with E-state index in [0.29, 0.717) is 0 Å². The van der Waals surface area contributed by atoms with Gasteiger partial charge in [-0.05, 0) is 37.6 Å². The van der Waals surface area contributed by atoms with E-state index in [-0.39, 0.29) is 0 Å². The van der Waals surface area contributed by atoms with E-state index in [9.17, 15) is 0 Å². The van der Waals surface area contributed by atoms with Crippen molar-refractivity contribution in [1.82, 2.24) is 4.98 Å². The molecular weight excluding hydrogens is 306 g/mol. The van der Waals surface area contributed by atoms with E-state index in [2.05, 4.69) is 35.5 Å². The molecule has 0 aliphatic rings. The molecule has 0 atom stereocenters. The average Bonchev–Trinajstić information content (AvgIpc) is 3.03. The van der Waals surface area contributed by atoms with Crippen molar-refractivity contribution in [3.8, 4) is 9.88 Å². The van der Waals surface area contributed by atoms with Crippen LogP contribution in [-0.2, 0) is 6.42 Å². The fourth-order valence-electron chi connectivity index (χ4n) is 2.08. The molecule has 4 heteroatoms. The number of nitrogens with zero attached hydrogens (tertiary/aromatic N) is 1. The van der Waals surface area contributed by atoms with Crippen molar-refractivity contribution in [2.24, 2.45) is 0 Å². The van der Waals surface area contributed by atoms with Gasteiger partial charge in [-0.25, -0.2) is 4.98 Å². The summed E-state index contributed by atoms with van der Waals surface area (Å²) >= 11 is 9.77. The third-order valence-electron chi connectivity index (χ3n) is 3.06. The number of aryl methyl sites for hydroxylation is 2. The minimum atomic E-state index is 0.843. The van der Waals surface area contributed by atoms with Crippen LogP contribution >= 0.6 is 34.3 Å². The van der Waals surface area contributed by atoms with Gasteiger partial charge in [-0.3, -0.25) is 0 Å². The number of halogens is 1. The number of rotatable bonds is 3. The second kappa shape index (κ2) is 5.68. The van der Waals surface area contributed by atoms with Crippen LogP contribution in [0.25, 0.3) is 9.88 Å². The monoisotopic (exact) mass is 319 g/mol. The van der Waals surface area contributed by atoms with Crippen molar-refractivity contribution in [1.29, 1.82) is 0 Å². The molecule has 0 aliphatic carbocycles. The lowest BCUT2D eigenvalue weighted by Crippen LogP contribution is -1.87. The van der Waals surface area contributed by atoms with Crippen molar-refractivity contribution in [2.45, 2.75) is 20.3 Å². The quantitative estimate of drug-likeness (QED) is 0.600. The maximum absolute atomic E-state index is 6.27. The van der Waals surface area contributed by atoms with Gasteiger partial charge in [0.15, 0.2) is 0 Å². The molecule has 0 N–H and O–H groups in total. The Kier molecular flexibility index (Phi) is 3.92. The van der Waals surface area contributed by atoms with Crippen LogP contribution in [-0.4, -0.2) is 4.98 Å². The molecule has 2 aromatic heterocycles. The standard InChI is InChI=1S/C16H14ClNS2/c1-10-3-5-14(17)12(7-10)8-13-4-6-15(20-13)16-18-11(2)9-19-16/h3-7,9H,8H2,1-2H3. The van der Waals surface area contributed by atoms with E-state index >= 15 is 0 Å². The molecule has 1 nitrogen and oxygen atoms in total. The summed E-state index contributed by atoms with van der Waals surface area (Å²) in [4.78, 5) is 7.09. The first-order valence-electron chi connectivity index (χ1n) is 6.38. The summed E-state index contributed by atoms with van der Waals surface area (Å²) in [5.74, 6) is 0. The molecule has 20 heavy (non-hydrogen) atoms. The normalized spacial score (nSPS) is 10.9. The van der Waals surface area contributed by atoms with Gasteiger partial charge in [0.25, 0.3) is 0 Å². The van der Waals surface area contributed by atoms with Crippen LogP contribution in [0.2, 0.25) is 5.02 Å². The molecule has 0 fully saturated rings. The molecule has 3 rings (SSSR count). The highest BCUT2D eigenvalue weighted by atomic mass is 35.5. The Bertz CT molecular complexity index is 743. The largest absolute Gasteiger partial charge is 0.241 e. The van der Waals surface area contributed by atoms with Crippen LogP contribution < -0.4 is 0 Å². The lowest BCUT2D eigenvalue weighted by Gasteiger charge is -2.03. The van der Waals surface area contributed by atoms with Crippen LogP contribution in [0.15, 0.2) is 35.7 Å². The molecular formula is C16H14ClNS2. The zero-order valence-electron chi connectivity index (χ0n) is 11.3. The fraction of sp³-hybridized carbons (Fsp3) is 0.188. The summed E-state index contributed by atoms with van der Waals surface area (Å²) in [6.07, 6.45) is 0.884. The molecule has 0 bridgehead atoms. The van der Waals surface area contributed by atoms with Crippen molar-refractivity contribution < 1.29 is 0 Å². The number of aromatic nitrogens is 1. The Morgan fingerprint density at radius 2 is 2.00 bits per heavy atom. The van der Waals surface area contributed by atoms with Crippen LogP contribution in [0.4, 0.5) is 0 Å². The number of thiazole rings is 1. The molecule has 2 heterocycles. The highest BCUT2D eigenvalue weighted by molar-refractivity contribution is 7.21. The molecule has 0 amide bonds. The predicted molar refractivity (Wildman–Crippen MR) is 89.2 cm³/mol. The molecule has 0 radical (unpaired) electrons. The maximum atomic E-state index is 6.27. The zero-order chi connectivity index (χ0) is 14.1. The Balaban J connectivity index is 1.85. The fourth-order valence-corrected chi connectivity index (χ4v) is 4.17. The number of hydrogen-bond donors (Lipinski definition) is 0. The number of hydrogen-bond acceptors (Lipinski definition) is 3. The first kappa shape index (κ1) is 13.8. The average molecular weight is 320 g/mol. The second-order valence-corrected chi connectivity index (χ2v) is 7.27. The van der Waals surface area contributed by atoms with E-state index < -0.39 is 0 Å². The van der Waals surface area contributed by atoms with E-state index in [1.54, 1.807) is 22.7 Å². The molecule has 0 spiro atoms. The van der Waals surface area contributed by atoms with Crippen molar-refractivity contribution in [3.05, 3.63) is 62.4 Å². The van der Waals surface area contributed by atoms with Gasteiger partial charge in [0.2, 0.25) is 0 Å². The van der Waals surface area contributed by atoms with E-state index in [4.69, 9.17) is 11.6 Å². The van der Waals surface area contributed by atoms with Gasteiger partial charge in [0.05, 0.1) is 4.88 Å². The van der Waals surface area contributed by atoms with Gasteiger partial charge in [0.1, 0.15) is 5.01 Å². The van der Waals surface area contributed by atoms with Crippen LogP contribution in [0.3, 0.4) is 0 Å².